The van der Waals surface area contributed by atoms with Crippen molar-refractivity contribution in [3.63, 3.8) is 0 Å². The van der Waals surface area contributed by atoms with Gasteiger partial charge in [-0.15, -0.1) is 0 Å². The first-order chi connectivity index (χ1) is 13.7. The summed E-state index contributed by atoms with van der Waals surface area (Å²) in [6.07, 6.45) is 6.52. The Morgan fingerprint density at radius 3 is 2.69 bits per heavy atom. The Hall–Kier alpha value is -1.20. The molecule has 3 unspecified atom stereocenters. The third kappa shape index (κ3) is 2.29. The van der Waals surface area contributed by atoms with Gasteiger partial charge in [-0.3, -0.25) is 4.79 Å². The molecule has 0 spiro atoms. The monoisotopic (exact) mass is 404 g/mol. The predicted molar refractivity (Wildman–Crippen MR) is 109 cm³/mol. The molecule has 4 aliphatic carbocycles. The fourth-order valence-corrected chi connectivity index (χ4v) is 8.11. The zero-order valence-corrected chi connectivity index (χ0v) is 18.2. The molecule has 3 fully saturated rings. The summed E-state index contributed by atoms with van der Waals surface area (Å²) >= 11 is 0. The van der Waals surface area contributed by atoms with Crippen molar-refractivity contribution in [2.24, 2.45) is 45.8 Å². The Morgan fingerprint density at radius 2 is 2.10 bits per heavy atom. The molecule has 0 saturated heterocycles. The summed E-state index contributed by atoms with van der Waals surface area (Å²) in [7, 11) is 0. The van der Waals surface area contributed by atoms with E-state index in [0.29, 0.717) is 26.1 Å². The number of rotatable bonds is 8. The fourth-order valence-electron chi connectivity index (χ4n) is 8.11. The molecule has 0 aromatic rings. The Labute approximate surface area is 173 Å². The van der Waals surface area contributed by atoms with Crippen LogP contribution in [-0.2, 0) is 14.3 Å². The number of aliphatic hydroxyl groups excluding tert-OH is 1. The number of carbonyl (C=O) groups is 2. The molecule has 8 atom stereocenters. The van der Waals surface area contributed by atoms with Gasteiger partial charge in [0, 0.05) is 12.0 Å². The predicted octanol–water partition coefficient (Wildman–Crippen LogP) is 3.70. The molecule has 0 amide bonds. The molecule has 162 valence electrons. The second kappa shape index (κ2) is 6.91. The summed E-state index contributed by atoms with van der Waals surface area (Å²) in [4.78, 5) is 26.1. The molecule has 29 heavy (non-hydrogen) atoms. The Balaban J connectivity index is 1.89. The molecule has 4 bridgehead atoms. The Bertz CT molecular complexity index is 729. The van der Waals surface area contributed by atoms with Gasteiger partial charge in [0.05, 0.1) is 18.1 Å². The van der Waals surface area contributed by atoms with Gasteiger partial charge in [-0.1, -0.05) is 45.8 Å². The molecule has 0 aromatic carbocycles. The summed E-state index contributed by atoms with van der Waals surface area (Å²) in [6.45, 7) is 9.27. The molecule has 3 saturated carbocycles. The van der Waals surface area contributed by atoms with Crippen LogP contribution in [0.1, 0.15) is 59.8 Å². The number of carboxylic acid groups (broad SMARTS) is 1. The topological polar surface area (TPSA) is 83.8 Å². The van der Waals surface area contributed by atoms with E-state index in [1.807, 2.05) is 13.8 Å². The van der Waals surface area contributed by atoms with Gasteiger partial charge < -0.3 is 19.7 Å². The van der Waals surface area contributed by atoms with Crippen molar-refractivity contribution in [3.05, 3.63) is 11.6 Å². The second-order valence-corrected chi connectivity index (χ2v) is 10.5. The van der Waals surface area contributed by atoms with E-state index in [0.717, 1.165) is 31.1 Å². The number of unbranched alkanes of at least 4 members (excludes halogenated alkanes) is 1. The van der Waals surface area contributed by atoms with Crippen LogP contribution in [0.4, 0.5) is 0 Å². The number of aldehydes is 1. The van der Waals surface area contributed by atoms with Crippen LogP contribution in [-0.4, -0.2) is 41.8 Å². The maximum absolute atomic E-state index is 13.2. The smallest absolute Gasteiger partial charge is 0.315 e. The first-order valence-electron chi connectivity index (χ1n) is 11.4. The van der Waals surface area contributed by atoms with Gasteiger partial charge in [0.25, 0.3) is 0 Å². The van der Waals surface area contributed by atoms with Crippen LogP contribution in [0, 0.1) is 45.8 Å². The molecule has 0 radical (unpaired) electrons. The van der Waals surface area contributed by atoms with Crippen molar-refractivity contribution in [3.8, 4) is 0 Å². The Morgan fingerprint density at radius 1 is 1.38 bits per heavy atom. The SMILES string of the molecule is CCCCOCC12CC3C(C[C@H](O)[C@H]3C)[C@@]3(C=O)C[C@H]1C=C(C(C)C)[C@]23C(=O)O. The highest BCUT2D eigenvalue weighted by molar-refractivity contribution is 5.90. The van der Waals surface area contributed by atoms with Crippen LogP contribution in [0.5, 0.6) is 0 Å². The number of aliphatic hydroxyl groups is 1. The number of fused-ring (bicyclic) bond motifs is 2. The molecule has 5 nitrogen and oxygen atoms in total. The number of ether oxygens (including phenoxy) is 1. The van der Waals surface area contributed by atoms with Crippen molar-refractivity contribution in [2.75, 3.05) is 13.2 Å². The summed E-state index contributed by atoms with van der Waals surface area (Å²) in [5.41, 5.74) is -1.83. The minimum Gasteiger partial charge on any atom is -0.481 e. The van der Waals surface area contributed by atoms with Gasteiger partial charge in [-0.2, -0.15) is 0 Å². The van der Waals surface area contributed by atoms with Crippen molar-refractivity contribution in [1.82, 2.24) is 0 Å². The molecular formula is C24H36O5. The van der Waals surface area contributed by atoms with Gasteiger partial charge in [0.15, 0.2) is 0 Å². The van der Waals surface area contributed by atoms with E-state index >= 15 is 0 Å². The third-order valence-electron chi connectivity index (χ3n) is 9.24. The number of allylic oxidation sites excluding steroid dienone is 1. The standard InChI is InChI=1S/C24H36O5/c1-5-6-7-29-13-23-11-17-15(4)20(26)9-19(17)22(12-25)10-16(23)8-18(14(2)3)24(22,23)21(27)28/h8,12,14-17,19-20,26H,5-7,9-11,13H2,1-4H3,(H,27,28)/t15-,16+,17?,19?,20-,22-,23?,24+/m0/s1. The van der Waals surface area contributed by atoms with E-state index < -0.39 is 28.3 Å². The first-order valence-corrected chi connectivity index (χ1v) is 11.4. The van der Waals surface area contributed by atoms with Crippen LogP contribution in [0.3, 0.4) is 0 Å². The van der Waals surface area contributed by atoms with Crippen LogP contribution >= 0.6 is 0 Å². The van der Waals surface area contributed by atoms with Gasteiger partial charge in [-0.05, 0) is 55.3 Å². The van der Waals surface area contributed by atoms with Gasteiger partial charge >= 0.3 is 5.97 Å². The molecule has 4 rings (SSSR count). The lowest BCUT2D eigenvalue weighted by Gasteiger charge is -2.58. The van der Waals surface area contributed by atoms with Gasteiger partial charge in [0.1, 0.15) is 11.7 Å². The highest BCUT2D eigenvalue weighted by atomic mass is 16.5. The van der Waals surface area contributed by atoms with E-state index in [1.54, 1.807) is 0 Å². The summed E-state index contributed by atoms with van der Waals surface area (Å²) < 4.78 is 6.14. The highest BCUT2D eigenvalue weighted by Gasteiger charge is 2.84. The first kappa shape index (κ1) is 21.0. The van der Waals surface area contributed by atoms with Crippen molar-refractivity contribution < 1.29 is 24.5 Å². The summed E-state index contributed by atoms with van der Waals surface area (Å²) in [5, 5.41) is 21.5. The van der Waals surface area contributed by atoms with Gasteiger partial charge in [-0.25, -0.2) is 0 Å². The molecule has 2 N–H and O–H groups in total. The van der Waals surface area contributed by atoms with Crippen LogP contribution in [0.25, 0.3) is 0 Å². The van der Waals surface area contributed by atoms with E-state index in [2.05, 4.69) is 19.9 Å². The average molecular weight is 405 g/mol. The number of hydrogen-bond donors (Lipinski definition) is 2. The molecule has 0 heterocycles. The zero-order valence-electron chi connectivity index (χ0n) is 18.2. The highest BCUT2D eigenvalue weighted by Crippen LogP contribution is 2.82. The number of carboxylic acids is 1. The van der Waals surface area contributed by atoms with Crippen LogP contribution in [0.15, 0.2) is 11.6 Å². The average Bonchev–Trinajstić information content (AvgIpc) is 3.20. The lowest BCUT2D eigenvalue weighted by atomic mass is 9.43. The van der Waals surface area contributed by atoms with E-state index in [4.69, 9.17) is 4.74 Å². The maximum Gasteiger partial charge on any atom is 0.315 e. The fraction of sp³-hybridized carbons (Fsp3) is 0.833. The normalized spacial score (nSPS) is 47.4. The molecular weight excluding hydrogens is 368 g/mol. The van der Waals surface area contributed by atoms with Gasteiger partial charge in [0.2, 0.25) is 0 Å². The molecule has 4 aliphatic rings. The number of hydrogen-bond acceptors (Lipinski definition) is 4. The molecule has 0 aromatic heterocycles. The van der Waals surface area contributed by atoms with Crippen molar-refractivity contribution in [1.29, 1.82) is 0 Å². The quantitative estimate of drug-likeness (QED) is 0.366. The second-order valence-electron chi connectivity index (χ2n) is 10.5. The largest absolute Gasteiger partial charge is 0.481 e. The van der Waals surface area contributed by atoms with E-state index in [1.165, 1.54) is 0 Å². The maximum atomic E-state index is 13.2. The zero-order chi connectivity index (χ0) is 21.2. The summed E-state index contributed by atoms with van der Waals surface area (Å²) in [6, 6.07) is 0. The lowest BCUT2D eigenvalue weighted by molar-refractivity contribution is -0.186. The molecule has 5 heteroatoms. The minimum absolute atomic E-state index is 0.0535. The van der Waals surface area contributed by atoms with Crippen LogP contribution in [0.2, 0.25) is 0 Å². The number of aliphatic carboxylic acids is 1. The van der Waals surface area contributed by atoms with E-state index in [-0.39, 0.29) is 29.6 Å². The van der Waals surface area contributed by atoms with Crippen molar-refractivity contribution >= 4 is 12.3 Å². The summed E-state index contributed by atoms with van der Waals surface area (Å²) in [5.74, 6) is -0.569. The number of carbonyl (C=O) groups excluding carboxylic acids is 1. The van der Waals surface area contributed by atoms with Crippen LogP contribution < -0.4 is 0 Å². The molecule has 0 aliphatic heterocycles. The third-order valence-corrected chi connectivity index (χ3v) is 9.24. The Kier molecular flexibility index (Phi) is 5.02. The van der Waals surface area contributed by atoms with Crippen molar-refractivity contribution in [2.45, 2.75) is 65.9 Å². The van der Waals surface area contributed by atoms with E-state index in [9.17, 15) is 19.8 Å². The lowest BCUT2D eigenvalue weighted by Crippen LogP contribution is -2.63. The minimum atomic E-state index is -1.21.